The second-order valence-corrected chi connectivity index (χ2v) is 8.20. The molecule has 5 N–H and O–H groups in total. The molecule has 0 radical (unpaired) electrons. The Bertz CT molecular complexity index is 709. The minimum absolute atomic E-state index is 0.0957. The monoisotopic (exact) mass is 361 g/mol. The quantitative estimate of drug-likeness (QED) is 0.217. The molecule has 128 valence electrons. The van der Waals surface area contributed by atoms with Crippen LogP contribution in [0.25, 0.3) is 0 Å². The van der Waals surface area contributed by atoms with Gasteiger partial charge in [-0.3, -0.25) is 5.41 Å². The Kier molecular flexibility index (Phi) is 5.14. The molecule has 0 aliphatic heterocycles. The molecule has 0 unspecified atom stereocenters. The van der Waals surface area contributed by atoms with E-state index >= 15 is 0 Å². The van der Waals surface area contributed by atoms with Gasteiger partial charge in [-0.15, -0.1) is 4.40 Å². The summed E-state index contributed by atoms with van der Waals surface area (Å²) in [4.78, 5) is 0. The summed E-state index contributed by atoms with van der Waals surface area (Å²) < 4.78 is 30.9. The fourth-order valence-corrected chi connectivity index (χ4v) is 2.83. The van der Waals surface area contributed by atoms with Gasteiger partial charge in [-0.1, -0.05) is 11.8 Å². The van der Waals surface area contributed by atoms with E-state index in [2.05, 4.69) is 30.0 Å². The number of amidine groups is 1. The van der Waals surface area contributed by atoms with Crippen LogP contribution in [0.4, 0.5) is 0 Å². The highest BCUT2D eigenvalue weighted by molar-refractivity contribution is 7.99. The molecule has 0 atom stereocenters. The second-order valence-electron chi connectivity index (χ2n) is 5.47. The lowest BCUT2D eigenvalue weighted by atomic mass is 10.3. The maximum atomic E-state index is 11.3. The van der Waals surface area contributed by atoms with Crippen molar-refractivity contribution >= 4 is 33.6 Å². The highest BCUT2D eigenvalue weighted by atomic mass is 32.2. The van der Waals surface area contributed by atoms with E-state index < -0.39 is 10.0 Å². The second kappa shape index (κ2) is 6.74. The predicted molar refractivity (Wildman–Crippen MR) is 87.1 cm³/mol. The molecule has 1 aliphatic rings. The molecular weight excluding hydrogens is 342 g/mol. The van der Waals surface area contributed by atoms with Gasteiger partial charge in [-0.05, 0) is 30.1 Å². The van der Waals surface area contributed by atoms with E-state index in [1.807, 2.05) is 6.92 Å². The number of nitrogens with one attached hydrogen (secondary N) is 3. The SMILES string of the molecule is CC1(NC(=NS(C)(=O)=O)NCCSc2nonc2C(=N)N)CC1. The van der Waals surface area contributed by atoms with Gasteiger partial charge in [0, 0.05) is 17.8 Å². The number of nitrogen functional groups attached to an aromatic ring is 1. The van der Waals surface area contributed by atoms with Crippen molar-refractivity contribution in [3.63, 3.8) is 0 Å². The van der Waals surface area contributed by atoms with Crippen LogP contribution in [0.1, 0.15) is 25.5 Å². The van der Waals surface area contributed by atoms with Crippen LogP contribution in [-0.4, -0.2) is 54.6 Å². The average Bonchev–Trinajstić information content (AvgIpc) is 2.96. The standard InChI is InChI=1S/C11H19N7O3S2/c1-11(3-4-11)15-10(18-23(2,19)20)14-5-6-22-9-7(8(12)13)16-21-17-9/h3-6H2,1-2H3,(H3,12,13)(H2,14,15,18). The van der Waals surface area contributed by atoms with Gasteiger partial charge in [0.25, 0.3) is 10.0 Å². The Balaban J connectivity index is 1.88. The highest BCUT2D eigenvalue weighted by Gasteiger charge is 2.38. The summed E-state index contributed by atoms with van der Waals surface area (Å²) in [7, 11) is -3.49. The van der Waals surface area contributed by atoms with Crippen molar-refractivity contribution in [1.29, 1.82) is 5.41 Å². The Morgan fingerprint density at radius 2 is 2.22 bits per heavy atom. The summed E-state index contributed by atoms with van der Waals surface area (Å²) in [5.74, 6) is 0.554. The molecule has 0 aromatic carbocycles. The van der Waals surface area contributed by atoms with Crippen molar-refractivity contribution in [3.05, 3.63) is 5.69 Å². The molecule has 0 saturated heterocycles. The first-order chi connectivity index (χ1) is 10.7. The Labute approximate surface area is 138 Å². The number of nitrogens with zero attached hydrogens (tertiary/aromatic N) is 3. The Morgan fingerprint density at radius 1 is 1.52 bits per heavy atom. The van der Waals surface area contributed by atoms with Gasteiger partial charge in [-0.2, -0.15) is 0 Å². The maximum Gasteiger partial charge on any atom is 0.253 e. The minimum Gasteiger partial charge on any atom is -0.382 e. The lowest BCUT2D eigenvalue weighted by molar-refractivity contribution is 0.298. The number of guanidine groups is 1. The molecule has 2 rings (SSSR count). The topological polar surface area (TPSA) is 159 Å². The molecule has 0 bridgehead atoms. The molecule has 1 aromatic rings. The van der Waals surface area contributed by atoms with Gasteiger partial charge in [0.2, 0.25) is 5.96 Å². The average molecular weight is 361 g/mol. The molecule has 0 spiro atoms. The summed E-state index contributed by atoms with van der Waals surface area (Å²) >= 11 is 1.29. The first-order valence-electron chi connectivity index (χ1n) is 6.80. The van der Waals surface area contributed by atoms with E-state index in [0.717, 1.165) is 19.1 Å². The number of aromatic nitrogens is 2. The van der Waals surface area contributed by atoms with E-state index in [1.165, 1.54) is 11.8 Å². The number of sulfonamides is 1. The smallest absolute Gasteiger partial charge is 0.253 e. The first kappa shape index (κ1) is 17.5. The number of thioether (sulfide) groups is 1. The van der Waals surface area contributed by atoms with Crippen LogP contribution >= 0.6 is 11.8 Å². The normalized spacial score (nSPS) is 16.9. The van der Waals surface area contributed by atoms with Crippen LogP contribution in [0.5, 0.6) is 0 Å². The first-order valence-corrected chi connectivity index (χ1v) is 9.64. The molecular formula is C11H19N7O3S2. The Hall–Kier alpha value is -1.82. The van der Waals surface area contributed by atoms with E-state index in [-0.39, 0.29) is 23.0 Å². The van der Waals surface area contributed by atoms with E-state index in [4.69, 9.17) is 11.1 Å². The van der Waals surface area contributed by atoms with E-state index in [1.54, 1.807) is 0 Å². The summed E-state index contributed by atoms with van der Waals surface area (Å²) in [5, 5.41) is 21.0. The molecule has 1 heterocycles. The van der Waals surface area contributed by atoms with Crippen molar-refractivity contribution in [2.24, 2.45) is 10.1 Å². The summed E-state index contributed by atoms with van der Waals surface area (Å²) in [6.07, 6.45) is 2.98. The third-order valence-corrected chi connectivity index (χ3v) is 4.49. The van der Waals surface area contributed by atoms with Gasteiger partial charge < -0.3 is 16.4 Å². The molecule has 1 fully saturated rings. The van der Waals surface area contributed by atoms with E-state index in [0.29, 0.717) is 17.3 Å². The van der Waals surface area contributed by atoms with E-state index in [9.17, 15) is 8.42 Å². The summed E-state index contributed by atoms with van der Waals surface area (Å²) in [5.41, 5.74) is 5.46. The van der Waals surface area contributed by atoms with Crippen LogP contribution < -0.4 is 16.4 Å². The van der Waals surface area contributed by atoms with Gasteiger partial charge >= 0.3 is 0 Å². The third kappa shape index (κ3) is 5.71. The zero-order valence-corrected chi connectivity index (χ0v) is 14.4. The lowest BCUT2D eigenvalue weighted by Gasteiger charge is -2.16. The number of nitrogens with two attached hydrogens (primary N) is 1. The molecule has 12 heteroatoms. The molecule has 23 heavy (non-hydrogen) atoms. The zero-order chi connectivity index (χ0) is 17.1. The van der Waals surface area contributed by atoms with Crippen molar-refractivity contribution in [2.75, 3.05) is 18.6 Å². The maximum absolute atomic E-state index is 11.3. The fourth-order valence-electron chi connectivity index (χ4n) is 1.62. The lowest BCUT2D eigenvalue weighted by Crippen LogP contribution is -2.44. The molecule has 0 amide bonds. The van der Waals surface area contributed by atoms with Crippen LogP contribution in [0.2, 0.25) is 0 Å². The molecule has 1 saturated carbocycles. The highest BCUT2D eigenvalue weighted by Crippen LogP contribution is 2.34. The van der Waals surface area contributed by atoms with Crippen LogP contribution in [0, 0.1) is 5.41 Å². The van der Waals surface area contributed by atoms with Crippen LogP contribution in [0.15, 0.2) is 14.1 Å². The summed E-state index contributed by atoms with van der Waals surface area (Å²) in [6, 6.07) is 0. The van der Waals surface area contributed by atoms with Gasteiger partial charge in [0.15, 0.2) is 10.7 Å². The number of hydrogen-bond acceptors (Lipinski definition) is 7. The third-order valence-electron chi connectivity index (χ3n) is 3.02. The van der Waals surface area contributed by atoms with Crippen molar-refractivity contribution in [3.8, 4) is 0 Å². The van der Waals surface area contributed by atoms with Gasteiger partial charge in [0.05, 0.1) is 6.26 Å². The molecule has 1 aromatic heterocycles. The minimum atomic E-state index is -3.49. The van der Waals surface area contributed by atoms with Gasteiger partial charge in [0.1, 0.15) is 5.84 Å². The molecule has 1 aliphatic carbocycles. The van der Waals surface area contributed by atoms with Crippen molar-refractivity contribution in [2.45, 2.75) is 30.3 Å². The summed E-state index contributed by atoms with van der Waals surface area (Å²) in [6.45, 7) is 2.44. The fraction of sp³-hybridized carbons (Fsp3) is 0.636. The largest absolute Gasteiger partial charge is 0.382 e. The number of rotatable bonds is 7. The Morgan fingerprint density at radius 3 is 2.78 bits per heavy atom. The van der Waals surface area contributed by atoms with Crippen molar-refractivity contribution in [1.82, 2.24) is 20.9 Å². The zero-order valence-electron chi connectivity index (χ0n) is 12.8. The van der Waals surface area contributed by atoms with Gasteiger partial charge in [-0.25, -0.2) is 13.0 Å². The van der Waals surface area contributed by atoms with Crippen LogP contribution in [-0.2, 0) is 10.0 Å². The van der Waals surface area contributed by atoms with Crippen LogP contribution in [0.3, 0.4) is 0 Å². The van der Waals surface area contributed by atoms with Crippen molar-refractivity contribution < 1.29 is 13.0 Å². The molecule has 10 nitrogen and oxygen atoms in total. The predicted octanol–water partition coefficient (Wildman–Crippen LogP) is -0.507. The number of hydrogen-bond donors (Lipinski definition) is 4.